The standard InChI is InChI=1S/C21H31N3O6/c1-15-9-16(2)11-19(10-15)21(3,7-8-22)18-6-4-5-17(12-18)13-20(30-24(27)28)14-29-23(25)26/h4-6,12,16,19-20H,1,7-11,13-14,22H2,2-3H3. The van der Waals surface area contributed by atoms with Gasteiger partial charge in [0.2, 0.25) is 0 Å². The van der Waals surface area contributed by atoms with Gasteiger partial charge in [-0.2, -0.15) is 0 Å². The van der Waals surface area contributed by atoms with Crippen LogP contribution in [0.4, 0.5) is 0 Å². The third kappa shape index (κ3) is 6.41. The second-order valence-electron chi connectivity index (χ2n) is 8.53. The van der Waals surface area contributed by atoms with E-state index in [-0.39, 0.29) is 11.8 Å². The van der Waals surface area contributed by atoms with Crippen molar-refractivity contribution >= 4 is 0 Å². The van der Waals surface area contributed by atoms with E-state index in [9.17, 15) is 20.2 Å². The second kappa shape index (κ2) is 10.4. The summed E-state index contributed by atoms with van der Waals surface area (Å²) in [7, 11) is 0. The summed E-state index contributed by atoms with van der Waals surface area (Å²) in [4.78, 5) is 30.1. The molecular weight excluding hydrogens is 390 g/mol. The van der Waals surface area contributed by atoms with Crippen molar-refractivity contribution in [3.8, 4) is 0 Å². The molecule has 1 aromatic rings. The van der Waals surface area contributed by atoms with Crippen molar-refractivity contribution in [2.24, 2.45) is 17.6 Å². The minimum absolute atomic E-state index is 0.120. The van der Waals surface area contributed by atoms with Gasteiger partial charge in [-0.1, -0.05) is 50.3 Å². The quantitative estimate of drug-likeness (QED) is 0.328. The zero-order valence-corrected chi connectivity index (χ0v) is 17.6. The average Bonchev–Trinajstić information content (AvgIpc) is 2.65. The molecule has 30 heavy (non-hydrogen) atoms. The molecule has 0 bridgehead atoms. The Hall–Kier alpha value is -2.68. The first-order chi connectivity index (χ1) is 14.1. The number of benzene rings is 1. The predicted molar refractivity (Wildman–Crippen MR) is 112 cm³/mol. The molecule has 166 valence electrons. The van der Waals surface area contributed by atoms with Gasteiger partial charge in [0.05, 0.1) is 0 Å². The van der Waals surface area contributed by atoms with E-state index < -0.39 is 22.9 Å². The van der Waals surface area contributed by atoms with Crippen molar-refractivity contribution in [1.29, 1.82) is 0 Å². The molecule has 1 fully saturated rings. The molecule has 4 unspecified atom stereocenters. The SMILES string of the molecule is C=C1CC(C)CC(C(C)(CCN)c2cccc(CC(CO[N+](=O)[O-])O[N+](=O)[O-])c2)C1. The first kappa shape index (κ1) is 23.6. The molecule has 0 aromatic heterocycles. The van der Waals surface area contributed by atoms with Crippen molar-refractivity contribution in [3.05, 3.63) is 67.8 Å². The van der Waals surface area contributed by atoms with Crippen LogP contribution in [-0.2, 0) is 21.5 Å². The van der Waals surface area contributed by atoms with E-state index in [2.05, 4.69) is 36.2 Å². The minimum Gasteiger partial charge on any atom is -0.330 e. The van der Waals surface area contributed by atoms with Crippen LogP contribution in [-0.4, -0.2) is 29.4 Å². The van der Waals surface area contributed by atoms with E-state index in [4.69, 9.17) is 5.73 Å². The highest BCUT2D eigenvalue weighted by Gasteiger charge is 2.38. The number of nitrogens with zero attached hydrogens (tertiary/aromatic N) is 2. The van der Waals surface area contributed by atoms with Gasteiger partial charge in [-0.05, 0) is 60.6 Å². The Kier molecular flexibility index (Phi) is 8.16. The van der Waals surface area contributed by atoms with Crippen LogP contribution in [0.1, 0.15) is 50.7 Å². The van der Waals surface area contributed by atoms with Gasteiger partial charge in [0.25, 0.3) is 10.2 Å². The molecule has 1 saturated carbocycles. The lowest BCUT2D eigenvalue weighted by molar-refractivity contribution is -0.789. The van der Waals surface area contributed by atoms with Crippen LogP contribution in [0.2, 0.25) is 0 Å². The van der Waals surface area contributed by atoms with Crippen LogP contribution in [0.15, 0.2) is 36.4 Å². The summed E-state index contributed by atoms with van der Waals surface area (Å²) in [5, 5.41) is 19.3. The van der Waals surface area contributed by atoms with Crippen LogP contribution in [0.3, 0.4) is 0 Å². The Balaban J connectivity index is 2.27. The monoisotopic (exact) mass is 421 g/mol. The molecule has 0 saturated heterocycles. The van der Waals surface area contributed by atoms with E-state index >= 15 is 0 Å². The molecule has 0 aliphatic heterocycles. The predicted octanol–water partition coefficient (Wildman–Crippen LogP) is 3.61. The Morgan fingerprint density at radius 1 is 1.30 bits per heavy atom. The van der Waals surface area contributed by atoms with Crippen LogP contribution in [0.5, 0.6) is 0 Å². The smallest absolute Gasteiger partial charge is 0.294 e. The van der Waals surface area contributed by atoms with Gasteiger partial charge in [0.15, 0.2) is 0 Å². The topological polar surface area (TPSA) is 131 Å². The second-order valence-corrected chi connectivity index (χ2v) is 8.53. The fourth-order valence-electron chi connectivity index (χ4n) is 4.66. The van der Waals surface area contributed by atoms with Crippen molar-refractivity contribution in [2.75, 3.05) is 13.2 Å². The van der Waals surface area contributed by atoms with Gasteiger partial charge >= 0.3 is 0 Å². The summed E-state index contributed by atoms with van der Waals surface area (Å²) >= 11 is 0. The van der Waals surface area contributed by atoms with Crippen molar-refractivity contribution < 1.29 is 19.8 Å². The molecular formula is C21H31N3O6. The van der Waals surface area contributed by atoms with Crippen molar-refractivity contribution in [3.63, 3.8) is 0 Å². The highest BCUT2D eigenvalue weighted by atomic mass is 17.0. The lowest BCUT2D eigenvalue weighted by Gasteiger charge is -2.43. The molecule has 0 radical (unpaired) electrons. The fourth-order valence-corrected chi connectivity index (χ4v) is 4.66. The Morgan fingerprint density at radius 2 is 2.03 bits per heavy atom. The molecule has 9 heteroatoms. The van der Waals surface area contributed by atoms with Crippen LogP contribution < -0.4 is 5.73 Å². The summed E-state index contributed by atoms with van der Waals surface area (Å²) in [6.45, 7) is 8.71. The van der Waals surface area contributed by atoms with Crippen molar-refractivity contribution in [1.82, 2.24) is 0 Å². The van der Waals surface area contributed by atoms with Crippen LogP contribution >= 0.6 is 0 Å². The maximum Gasteiger partial charge on any atom is 0.294 e. The molecule has 2 rings (SSSR count). The van der Waals surface area contributed by atoms with Gasteiger partial charge in [-0.3, -0.25) is 0 Å². The summed E-state index contributed by atoms with van der Waals surface area (Å²) < 4.78 is 0. The lowest BCUT2D eigenvalue weighted by Crippen LogP contribution is -2.37. The van der Waals surface area contributed by atoms with Gasteiger partial charge in [0, 0.05) is 6.42 Å². The molecule has 0 amide bonds. The van der Waals surface area contributed by atoms with Crippen LogP contribution in [0.25, 0.3) is 0 Å². The molecule has 0 heterocycles. The molecule has 1 aliphatic rings. The molecule has 4 atom stereocenters. The van der Waals surface area contributed by atoms with Crippen LogP contribution in [0, 0.1) is 32.1 Å². The Bertz CT molecular complexity index is 771. The maximum absolute atomic E-state index is 10.8. The normalized spacial score (nSPS) is 22.0. The molecule has 9 nitrogen and oxygen atoms in total. The fraction of sp³-hybridized carbons (Fsp3) is 0.619. The minimum atomic E-state index is -1.07. The number of nitrogens with two attached hydrogens (primary N) is 1. The largest absolute Gasteiger partial charge is 0.330 e. The lowest BCUT2D eigenvalue weighted by atomic mass is 9.62. The third-order valence-electron chi connectivity index (χ3n) is 6.07. The number of allylic oxidation sites excluding steroid dienone is 1. The molecule has 2 N–H and O–H groups in total. The highest BCUT2D eigenvalue weighted by Crippen LogP contribution is 2.46. The highest BCUT2D eigenvalue weighted by molar-refractivity contribution is 5.32. The van der Waals surface area contributed by atoms with Gasteiger partial charge < -0.3 is 15.4 Å². The third-order valence-corrected chi connectivity index (χ3v) is 6.07. The Morgan fingerprint density at radius 3 is 2.63 bits per heavy atom. The van der Waals surface area contributed by atoms with E-state index in [0.29, 0.717) is 18.4 Å². The average molecular weight is 421 g/mol. The van der Waals surface area contributed by atoms with E-state index in [1.54, 1.807) is 0 Å². The molecule has 0 spiro atoms. The summed E-state index contributed by atoms with van der Waals surface area (Å²) in [5.41, 5.74) is 8.96. The van der Waals surface area contributed by atoms with E-state index in [0.717, 1.165) is 36.8 Å². The van der Waals surface area contributed by atoms with Gasteiger partial charge in [0.1, 0.15) is 12.7 Å². The molecule has 1 aromatic carbocycles. The Labute approximate surface area is 176 Å². The zero-order valence-electron chi connectivity index (χ0n) is 17.6. The van der Waals surface area contributed by atoms with Crippen molar-refractivity contribution in [2.45, 2.75) is 57.5 Å². The van der Waals surface area contributed by atoms with Gasteiger partial charge in [-0.15, -0.1) is 20.2 Å². The summed E-state index contributed by atoms with van der Waals surface area (Å²) in [6, 6.07) is 7.79. The van der Waals surface area contributed by atoms with E-state index in [1.165, 1.54) is 5.57 Å². The van der Waals surface area contributed by atoms with Gasteiger partial charge in [-0.25, -0.2) is 0 Å². The number of hydrogen-bond donors (Lipinski definition) is 1. The first-order valence-electron chi connectivity index (χ1n) is 10.2. The number of rotatable bonds is 11. The summed E-state index contributed by atoms with van der Waals surface area (Å²) in [6.07, 6.45) is 2.94. The molecule has 1 aliphatic carbocycles. The van der Waals surface area contributed by atoms with E-state index in [1.807, 2.05) is 18.2 Å². The maximum atomic E-state index is 10.8. The first-order valence-corrected chi connectivity index (χ1v) is 10.2. The number of hydrogen-bond acceptors (Lipinski definition) is 7. The zero-order chi connectivity index (χ0) is 22.3. The summed E-state index contributed by atoms with van der Waals surface area (Å²) in [5.74, 6) is 0.963.